The summed E-state index contributed by atoms with van der Waals surface area (Å²) in [5.41, 5.74) is 2.42. The first kappa shape index (κ1) is 15.5. The first-order chi connectivity index (χ1) is 9.72. The lowest BCUT2D eigenvalue weighted by molar-refractivity contribution is 0.110. The fourth-order valence-electron chi connectivity index (χ4n) is 2.78. The van der Waals surface area contributed by atoms with Crippen LogP contribution in [0.4, 0.5) is 0 Å². The Labute approximate surface area is 123 Å². The van der Waals surface area contributed by atoms with Crippen LogP contribution in [0, 0.1) is 5.92 Å². The van der Waals surface area contributed by atoms with Gasteiger partial charge in [0.05, 0.1) is 6.10 Å². The van der Waals surface area contributed by atoms with Crippen LogP contribution >= 0.6 is 0 Å². The Morgan fingerprint density at radius 2 is 1.85 bits per heavy atom. The number of hydrogen-bond acceptors (Lipinski definition) is 2. The quantitative estimate of drug-likeness (QED) is 0.741. The van der Waals surface area contributed by atoms with Gasteiger partial charge in [-0.3, -0.25) is 0 Å². The Morgan fingerprint density at radius 3 is 2.40 bits per heavy atom. The first-order valence-corrected chi connectivity index (χ1v) is 8.22. The number of nitrogens with zero attached hydrogens (tertiary/aromatic N) is 1. The molecule has 1 atom stereocenters. The van der Waals surface area contributed by atoms with Crippen LogP contribution in [0.5, 0.6) is 0 Å². The third-order valence-electron chi connectivity index (χ3n) is 4.09. The summed E-state index contributed by atoms with van der Waals surface area (Å²) in [6.07, 6.45) is 5.86. The lowest BCUT2D eigenvalue weighted by Gasteiger charge is -2.24. The van der Waals surface area contributed by atoms with Gasteiger partial charge in [-0.25, -0.2) is 0 Å². The van der Waals surface area contributed by atoms with Crippen molar-refractivity contribution in [2.75, 3.05) is 19.6 Å². The van der Waals surface area contributed by atoms with Crippen LogP contribution in [0.2, 0.25) is 0 Å². The molecule has 112 valence electrons. The lowest BCUT2D eigenvalue weighted by atomic mass is 10.0. The Hall–Kier alpha value is -0.860. The van der Waals surface area contributed by atoms with Gasteiger partial charge in [-0.2, -0.15) is 0 Å². The highest BCUT2D eigenvalue weighted by molar-refractivity contribution is 5.24. The molecule has 1 N–H and O–H groups in total. The van der Waals surface area contributed by atoms with Crippen LogP contribution in [0.3, 0.4) is 0 Å². The van der Waals surface area contributed by atoms with Crippen LogP contribution < -0.4 is 0 Å². The van der Waals surface area contributed by atoms with E-state index in [2.05, 4.69) is 43.0 Å². The van der Waals surface area contributed by atoms with E-state index in [1.807, 2.05) is 0 Å². The zero-order chi connectivity index (χ0) is 14.4. The van der Waals surface area contributed by atoms with Crippen LogP contribution in [-0.4, -0.2) is 29.6 Å². The molecule has 0 amide bonds. The molecular weight excluding hydrogens is 246 g/mol. The van der Waals surface area contributed by atoms with Gasteiger partial charge in [0.2, 0.25) is 0 Å². The summed E-state index contributed by atoms with van der Waals surface area (Å²) < 4.78 is 0. The fraction of sp³-hybridized carbons (Fsp3) is 0.667. The highest BCUT2D eigenvalue weighted by atomic mass is 16.3. The molecule has 2 heteroatoms. The molecule has 2 nitrogen and oxygen atoms in total. The second-order valence-electron chi connectivity index (χ2n) is 6.21. The maximum atomic E-state index is 10.4. The van der Waals surface area contributed by atoms with Crippen LogP contribution in [0.1, 0.15) is 56.8 Å². The molecule has 0 aromatic heterocycles. The largest absolute Gasteiger partial charge is 0.387 e. The van der Waals surface area contributed by atoms with Crippen molar-refractivity contribution < 1.29 is 5.11 Å². The van der Waals surface area contributed by atoms with E-state index in [-0.39, 0.29) is 6.10 Å². The number of benzene rings is 1. The van der Waals surface area contributed by atoms with Crippen LogP contribution in [0.25, 0.3) is 0 Å². The van der Waals surface area contributed by atoms with Crippen molar-refractivity contribution in [2.24, 2.45) is 5.92 Å². The van der Waals surface area contributed by atoms with Gasteiger partial charge in [-0.1, -0.05) is 44.5 Å². The predicted octanol–water partition coefficient (Wildman–Crippen LogP) is 3.79. The topological polar surface area (TPSA) is 23.5 Å². The number of aryl methyl sites for hydroxylation is 1. The molecular formula is C18H29NO. The van der Waals surface area contributed by atoms with E-state index < -0.39 is 0 Å². The Bertz CT molecular complexity index is 383. The van der Waals surface area contributed by atoms with Crippen molar-refractivity contribution in [2.45, 2.75) is 52.1 Å². The van der Waals surface area contributed by atoms with Gasteiger partial charge in [0.25, 0.3) is 0 Å². The Balaban J connectivity index is 1.88. The molecule has 1 unspecified atom stereocenters. The minimum atomic E-state index is -0.351. The van der Waals surface area contributed by atoms with Crippen molar-refractivity contribution in [1.82, 2.24) is 4.90 Å². The summed E-state index contributed by atoms with van der Waals surface area (Å²) in [5.74, 6) is 0.890. The molecule has 0 heterocycles. The normalized spacial score (nSPS) is 16.6. The van der Waals surface area contributed by atoms with E-state index in [1.165, 1.54) is 31.4 Å². The summed E-state index contributed by atoms with van der Waals surface area (Å²) in [6, 6.07) is 8.51. The Morgan fingerprint density at radius 1 is 1.15 bits per heavy atom. The summed E-state index contributed by atoms with van der Waals surface area (Å²) in [7, 11) is 0. The van der Waals surface area contributed by atoms with Crippen LogP contribution in [0.15, 0.2) is 24.3 Å². The molecule has 1 aromatic rings. The monoisotopic (exact) mass is 275 g/mol. The van der Waals surface area contributed by atoms with Gasteiger partial charge >= 0.3 is 0 Å². The highest BCUT2D eigenvalue weighted by Gasteiger charge is 2.25. The van der Waals surface area contributed by atoms with Gasteiger partial charge in [0, 0.05) is 13.1 Å². The summed E-state index contributed by atoms with van der Waals surface area (Å²) in [4.78, 5) is 2.43. The zero-order valence-electron chi connectivity index (χ0n) is 13.0. The van der Waals surface area contributed by atoms with Crippen LogP contribution in [-0.2, 0) is 6.42 Å². The second kappa shape index (κ2) is 7.80. The third kappa shape index (κ3) is 4.92. The van der Waals surface area contributed by atoms with Gasteiger partial charge in [0.15, 0.2) is 0 Å². The van der Waals surface area contributed by atoms with Crippen molar-refractivity contribution in [3.63, 3.8) is 0 Å². The molecule has 0 bridgehead atoms. The zero-order valence-corrected chi connectivity index (χ0v) is 13.0. The first-order valence-electron chi connectivity index (χ1n) is 8.22. The third-order valence-corrected chi connectivity index (χ3v) is 4.09. The van der Waals surface area contributed by atoms with Crippen molar-refractivity contribution in [1.29, 1.82) is 0 Å². The molecule has 0 radical (unpaired) electrons. The lowest BCUT2D eigenvalue weighted by Crippen LogP contribution is -2.31. The van der Waals surface area contributed by atoms with E-state index in [0.29, 0.717) is 0 Å². The molecule has 1 aliphatic rings. The van der Waals surface area contributed by atoms with E-state index in [4.69, 9.17) is 0 Å². The predicted molar refractivity (Wildman–Crippen MR) is 84.9 cm³/mol. The van der Waals surface area contributed by atoms with E-state index >= 15 is 0 Å². The highest BCUT2D eigenvalue weighted by Crippen LogP contribution is 2.30. The average molecular weight is 275 g/mol. The standard InChI is InChI=1S/C18H29NO/c1-3-5-15-8-10-17(11-9-15)18(20)14-19(12-4-2)13-16-6-7-16/h8-11,16,18,20H,3-7,12-14H2,1-2H3. The molecule has 1 aromatic carbocycles. The number of rotatable bonds is 9. The fourth-order valence-corrected chi connectivity index (χ4v) is 2.78. The van der Waals surface area contributed by atoms with Crippen molar-refractivity contribution >= 4 is 0 Å². The molecule has 1 saturated carbocycles. The van der Waals surface area contributed by atoms with E-state index in [0.717, 1.165) is 37.4 Å². The molecule has 1 fully saturated rings. The van der Waals surface area contributed by atoms with Gasteiger partial charge in [-0.05, 0) is 49.3 Å². The molecule has 20 heavy (non-hydrogen) atoms. The SMILES string of the molecule is CCCc1ccc(C(O)CN(CCC)CC2CC2)cc1. The molecule has 0 spiro atoms. The molecule has 0 aliphatic heterocycles. The minimum absolute atomic E-state index is 0.351. The smallest absolute Gasteiger partial charge is 0.0916 e. The van der Waals surface area contributed by atoms with Gasteiger partial charge < -0.3 is 10.0 Å². The molecule has 0 saturated heterocycles. The summed E-state index contributed by atoms with van der Waals surface area (Å²) in [6.45, 7) is 7.45. The number of aliphatic hydroxyl groups is 1. The Kier molecular flexibility index (Phi) is 6.06. The molecule has 2 rings (SSSR count). The number of hydrogen-bond donors (Lipinski definition) is 1. The van der Waals surface area contributed by atoms with Gasteiger partial charge in [-0.15, -0.1) is 0 Å². The second-order valence-corrected chi connectivity index (χ2v) is 6.21. The van der Waals surface area contributed by atoms with Gasteiger partial charge in [0.1, 0.15) is 0 Å². The molecule has 1 aliphatic carbocycles. The summed E-state index contributed by atoms with van der Waals surface area (Å²) >= 11 is 0. The maximum absolute atomic E-state index is 10.4. The van der Waals surface area contributed by atoms with E-state index in [1.54, 1.807) is 0 Å². The van der Waals surface area contributed by atoms with E-state index in [9.17, 15) is 5.11 Å². The number of aliphatic hydroxyl groups excluding tert-OH is 1. The summed E-state index contributed by atoms with van der Waals surface area (Å²) in [5, 5.41) is 10.4. The maximum Gasteiger partial charge on any atom is 0.0916 e. The minimum Gasteiger partial charge on any atom is -0.387 e. The average Bonchev–Trinajstić information content (AvgIpc) is 3.24. The van der Waals surface area contributed by atoms with Crippen molar-refractivity contribution in [3.8, 4) is 0 Å². The van der Waals surface area contributed by atoms with Crippen molar-refractivity contribution in [3.05, 3.63) is 35.4 Å².